The zero-order valence-corrected chi connectivity index (χ0v) is 19.6. The molecule has 6 nitrogen and oxygen atoms in total. The Balaban J connectivity index is 1.14. The van der Waals surface area contributed by atoms with Gasteiger partial charge in [-0.3, -0.25) is 4.79 Å². The minimum absolute atomic E-state index is 0.0454. The van der Waals surface area contributed by atoms with Gasteiger partial charge < -0.3 is 10.6 Å². The van der Waals surface area contributed by atoms with Crippen LogP contribution in [0.3, 0.4) is 0 Å². The van der Waals surface area contributed by atoms with Crippen molar-refractivity contribution in [1.82, 2.24) is 5.32 Å². The molecule has 2 aromatic rings. The molecule has 1 aliphatic heterocycles. The van der Waals surface area contributed by atoms with Crippen LogP contribution in [0, 0.1) is 23.2 Å². The summed E-state index contributed by atoms with van der Waals surface area (Å²) in [6, 6.07) is 14.1. The standard InChI is InChI=1S/C26H29N3O3S/c1-16(26-13-17-10-18(14-26)12-19(11-17)15-26)27-25(30)20-6-8-21(9-7-20)28-24-22-4-2-3-5-23(22)33(31,32)29-24/h2-9,16-19H,10-15H2,1H3,(H,27,30)(H,28,29). The second-order valence-electron chi connectivity index (χ2n) is 10.6. The molecule has 0 radical (unpaired) electrons. The van der Waals surface area contributed by atoms with E-state index in [9.17, 15) is 13.2 Å². The molecule has 4 fully saturated rings. The minimum atomic E-state index is -3.67. The van der Waals surface area contributed by atoms with Crippen LogP contribution in [0.25, 0.3) is 0 Å². The minimum Gasteiger partial charge on any atom is -0.349 e. The molecule has 7 heteroatoms. The number of fused-ring (bicyclic) bond motifs is 1. The summed E-state index contributed by atoms with van der Waals surface area (Å²) in [7, 11) is -3.67. The molecule has 1 heterocycles. The Labute approximate surface area is 194 Å². The topological polar surface area (TPSA) is 87.6 Å². The molecule has 4 saturated carbocycles. The summed E-state index contributed by atoms with van der Waals surface area (Å²) >= 11 is 0. The second-order valence-corrected chi connectivity index (χ2v) is 12.2. The third kappa shape index (κ3) is 3.57. The van der Waals surface area contributed by atoms with Crippen LogP contribution in [0.15, 0.2) is 57.8 Å². The van der Waals surface area contributed by atoms with Crippen molar-refractivity contribution in [2.75, 3.05) is 5.32 Å². The van der Waals surface area contributed by atoms with Crippen LogP contribution >= 0.6 is 0 Å². The summed E-state index contributed by atoms with van der Waals surface area (Å²) in [5.41, 5.74) is 2.12. The highest BCUT2D eigenvalue weighted by atomic mass is 32.2. The fraction of sp³-hybridized carbons (Fsp3) is 0.462. The molecule has 1 atom stereocenters. The maximum absolute atomic E-state index is 13.0. The first-order chi connectivity index (χ1) is 15.8. The maximum Gasteiger partial charge on any atom is 0.285 e. The lowest BCUT2D eigenvalue weighted by Crippen LogP contribution is -2.55. The molecule has 172 valence electrons. The van der Waals surface area contributed by atoms with E-state index in [0.29, 0.717) is 22.6 Å². The molecule has 1 unspecified atom stereocenters. The van der Waals surface area contributed by atoms with Crippen LogP contribution in [-0.4, -0.2) is 26.2 Å². The number of amidine groups is 1. The molecule has 0 saturated heterocycles. The van der Waals surface area contributed by atoms with Gasteiger partial charge >= 0.3 is 0 Å². The van der Waals surface area contributed by atoms with Gasteiger partial charge in [0.1, 0.15) is 4.90 Å². The Hall–Kier alpha value is -2.67. The number of hydrogen-bond donors (Lipinski definition) is 2. The molecule has 0 aromatic heterocycles. The van der Waals surface area contributed by atoms with Gasteiger partial charge in [0.15, 0.2) is 5.84 Å². The van der Waals surface area contributed by atoms with E-state index in [1.807, 2.05) is 0 Å². The van der Waals surface area contributed by atoms with Crippen molar-refractivity contribution in [3.8, 4) is 0 Å². The van der Waals surface area contributed by atoms with Gasteiger partial charge in [0, 0.05) is 22.9 Å². The first kappa shape index (κ1) is 20.9. The summed E-state index contributed by atoms with van der Waals surface area (Å²) in [4.78, 5) is 13.2. The predicted octanol–water partition coefficient (Wildman–Crippen LogP) is 4.58. The average Bonchev–Trinajstić information content (AvgIpc) is 3.03. The van der Waals surface area contributed by atoms with Gasteiger partial charge in [-0.1, -0.05) is 12.1 Å². The number of nitrogens with one attached hydrogen (secondary N) is 2. The van der Waals surface area contributed by atoms with Crippen molar-refractivity contribution in [2.24, 2.45) is 27.6 Å². The van der Waals surface area contributed by atoms with Gasteiger partial charge in [0.25, 0.3) is 15.9 Å². The zero-order chi connectivity index (χ0) is 22.8. The number of sulfonamides is 1. The summed E-state index contributed by atoms with van der Waals surface area (Å²) in [5, 5.41) is 6.39. The van der Waals surface area contributed by atoms with E-state index in [2.05, 4.69) is 22.0 Å². The fourth-order valence-corrected chi connectivity index (χ4v) is 8.35. The number of benzene rings is 2. The fourth-order valence-electron chi connectivity index (χ4n) is 7.18. The van der Waals surface area contributed by atoms with E-state index in [1.54, 1.807) is 48.5 Å². The third-order valence-corrected chi connectivity index (χ3v) is 9.73. The van der Waals surface area contributed by atoms with Crippen LogP contribution < -0.4 is 10.6 Å². The smallest absolute Gasteiger partial charge is 0.285 e. The largest absolute Gasteiger partial charge is 0.349 e. The van der Waals surface area contributed by atoms with E-state index in [1.165, 1.54) is 38.5 Å². The number of nitrogens with zero attached hydrogens (tertiary/aromatic N) is 1. The predicted molar refractivity (Wildman–Crippen MR) is 128 cm³/mol. The number of hydrogen-bond acceptors (Lipinski definition) is 4. The Kier molecular flexibility index (Phi) is 4.70. The Morgan fingerprint density at radius 2 is 1.58 bits per heavy atom. The summed E-state index contributed by atoms with van der Waals surface area (Å²) in [5.74, 6) is 2.82. The van der Waals surface area contributed by atoms with Crippen LogP contribution in [0.1, 0.15) is 61.4 Å². The molecule has 5 aliphatic rings. The van der Waals surface area contributed by atoms with E-state index in [4.69, 9.17) is 0 Å². The van der Waals surface area contributed by atoms with Crippen molar-refractivity contribution >= 4 is 27.5 Å². The molecule has 2 N–H and O–H groups in total. The zero-order valence-electron chi connectivity index (χ0n) is 18.8. The first-order valence-electron chi connectivity index (χ1n) is 11.9. The van der Waals surface area contributed by atoms with Crippen LogP contribution in [0.5, 0.6) is 0 Å². The van der Waals surface area contributed by atoms with Crippen molar-refractivity contribution in [3.05, 3.63) is 59.7 Å². The van der Waals surface area contributed by atoms with E-state index in [-0.39, 0.29) is 22.3 Å². The number of rotatable bonds is 4. The van der Waals surface area contributed by atoms with Gasteiger partial charge in [-0.25, -0.2) is 0 Å². The quantitative estimate of drug-likeness (QED) is 0.695. The first-order valence-corrected chi connectivity index (χ1v) is 13.4. The average molecular weight is 464 g/mol. The maximum atomic E-state index is 13.0. The molecule has 4 bridgehead atoms. The van der Waals surface area contributed by atoms with E-state index in [0.717, 1.165) is 17.8 Å². The Bertz CT molecular complexity index is 1210. The number of carbonyl (C=O) groups excluding carboxylic acids is 1. The highest BCUT2D eigenvalue weighted by Crippen LogP contribution is 2.61. The van der Waals surface area contributed by atoms with E-state index >= 15 is 0 Å². The lowest BCUT2D eigenvalue weighted by molar-refractivity contribution is -0.0688. The molecule has 1 amide bonds. The normalized spacial score (nSPS) is 31.5. The van der Waals surface area contributed by atoms with Crippen molar-refractivity contribution < 1.29 is 13.2 Å². The summed E-state index contributed by atoms with van der Waals surface area (Å²) < 4.78 is 28.4. The Morgan fingerprint density at radius 1 is 0.970 bits per heavy atom. The third-order valence-electron chi connectivity index (χ3n) is 8.39. The van der Waals surface area contributed by atoms with Crippen molar-refractivity contribution in [2.45, 2.75) is 56.4 Å². The van der Waals surface area contributed by atoms with Crippen molar-refractivity contribution in [1.29, 1.82) is 0 Å². The molecular weight excluding hydrogens is 434 g/mol. The van der Waals surface area contributed by atoms with Crippen LogP contribution in [0.4, 0.5) is 5.69 Å². The summed E-state index contributed by atoms with van der Waals surface area (Å²) in [6.07, 6.45) is 7.96. The van der Waals surface area contributed by atoms with Gasteiger partial charge in [-0.15, -0.1) is 4.40 Å². The van der Waals surface area contributed by atoms with Gasteiger partial charge in [0.05, 0.1) is 0 Å². The monoisotopic (exact) mass is 463 g/mol. The lowest BCUT2D eigenvalue weighted by atomic mass is 9.48. The number of anilines is 1. The molecule has 7 rings (SSSR count). The Morgan fingerprint density at radius 3 is 2.21 bits per heavy atom. The number of amides is 1. The highest BCUT2D eigenvalue weighted by Gasteiger charge is 2.53. The van der Waals surface area contributed by atoms with Gasteiger partial charge in [-0.2, -0.15) is 8.42 Å². The molecule has 33 heavy (non-hydrogen) atoms. The second kappa shape index (κ2) is 7.42. The van der Waals surface area contributed by atoms with Crippen LogP contribution in [0.2, 0.25) is 0 Å². The molecule has 4 aliphatic carbocycles. The SMILES string of the molecule is CC(NC(=O)c1ccc(NC2=NS(=O)(=O)c3ccccc32)cc1)C12CC3CC(CC(C3)C1)C2. The molecular formula is C26H29N3O3S. The van der Waals surface area contributed by atoms with Gasteiger partial charge in [0.2, 0.25) is 0 Å². The van der Waals surface area contributed by atoms with Crippen molar-refractivity contribution in [3.63, 3.8) is 0 Å². The molecule has 0 spiro atoms. The van der Waals surface area contributed by atoms with E-state index < -0.39 is 10.0 Å². The highest BCUT2D eigenvalue weighted by molar-refractivity contribution is 7.90. The number of carbonyl (C=O) groups is 1. The lowest BCUT2D eigenvalue weighted by Gasteiger charge is -2.59. The van der Waals surface area contributed by atoms with Gasteiger partial charge in [-0.05, 0) is 105 Å². The summed E-state index contributed by atoms with van der Waals surface area (Å²) in [6.45, 7) is 2.19. The molecule has 2 aromatic carbocycles. The van der Waals surface area contributed by atoms with Crippen LogP contribution in [-0.2, 0) is 10.0 Å².